The van der Waals surface area contributed by atoms with Crippen molar-refractivity contribution in [2.24, 2.45) is 10.9 Å². The molecule has 1 amide bonds. The van der Waals surface area contributed by atoms with Gasteiger partial charge in [0.2, 0.25) is 5.91 Å². The summed E-state index contributed by atoms with van der Waals surface area (Å²) in [6.45, 7) is 0.521. The number of amides is 1. The van der Waals surface area contributed by atoms with Gasteiger partial charge in [0.05, 0.1) is 6.26 Å². The van der Waals surface area contributed by atoms with E-state index in [4.69, 9.17) is 15.4 Å². The first-order valence-electron chi connectivity index (χ1n) is 5.48. The van der Waals surface area contributed by atoms with Crippen LogP contribution in [0.4, 0.5) is 0 Å². The molecule has 0 spiro atoms. The zero-order chi connectivity index (χ0) is 12.5. The van der Waals surface area contributed by atoms with Crippen LogP contribution in [0, 0.1) is 0 Å². The molecule has 6 nitrogen and oxygen atoms in total. The van der Waals surface area contributed by atoms with Gasteiger partial charge < -0.3 is 20.7 Å². The van der Waals surface area contributed by atoms with E-state index in [9.17, 15) is 4.79 Å². The molecular weight excluding hydrogens is 222 g/mol. The van der Waals surface area contributed by atoms with Crippen LogP contribution >= 0.6 is 0 Å². The Morgan fingerprint density at radius 3 is 3.00 bits per heavy atom. The number of nitrogens with one attached hydrogen (secondary N) is 1. The van der Waals surface area contributed by atoms with Crippen LogP contribution in [0.3, 0.4) is 0 Å². The van der Waals surface area contributed by atoms with Gasteiger partial charge in [-0.3, -0.25) is 4.79 Å². The molecule has 0 aliphatic rings. The third kappa shape index (κ3) is 5.60. The van der Waals surface area contributed by atoms with Gasteiger partial charge in [-0.05, 0) is 18.6 Å². The third-order valence-electron chi connectivity index (χ3n) is 2.24. The van der Waals surface area contributed by atoms with Crippen LogP contribution in [0.25, 0.3) is 0 Å². The van der Waals surface area contributed by atoms with Gasteiger partial charge in [-0.2, -0.15) is 0 Å². The van der Waals surface area contributed by atoms with Gasteiger partial charge >= 0.3 is 0 Å². The Morgan fingerprint density at radius 2 is 2.35 bits per heavy atom. The first kappa shape index (κ1) is 13.1. The maximum Gasteiger partial charge on any atom is 0.220 e. The van der Waals surface area contributed by atoms with Gasteiger partial charge in [0.1, 0.15) is 11.6 Å². The molecular formula is C11H17N3O3. The summed E-state index contributed by atoms with van der Waals surface area (Å²) in [5.74, 6) is 0.951. The number of carbonyl (C=O) groups is 1. The highest BCUT2D eigenvalue weighted by Crippen LogP contribution is 2.03. The number of amidine groups is 1. The number of hydrogen-bond donors (Lipinski definition) is 3. The van der Waals surface area contributed by atoms with Crippen LogP contribution in [0.2, 0.25) is 0 Å². The number of hydrogen-bond acceptors (Lipinski definition) is 4. The van der Waals surface area contributed by atoms with Crippen molar-refractivity contribution in [3.05, 3.63) is 24.2 Å². The maximum absolute atomic E-state index is 11.4. The van der Waals surface area contributed by atoms with Crippen molar-refractivity contribution >= 4 is 11.7 Å². The predicted molar refractivity (Wildman–Crippen MR) is 62.7 cm³/mol. The Hall–Kier alpha value is -1.98. The first-order chi connectivity index (χ1) is 8.22. The fourth-order valence-electron chi connectivity index (χ4n) is 1.33. The van der Waals surface area contributed by atoms with Crippen molar-refractivity contribution in [2.75, 3.05) is 6.54 Å². The second-order valence-corrected chi connectivity index (χ2v) is 3.62. The molecule has 17 heavy (non-hydrogen) atoms. The Morgan fingerprint density at radius 1 is 1.53 bits per heavy atom. The molecule has 0 radical (unpaired) electrons. The lowest BCUT2D eigenvalue weighted by molar-refractivity contribution is -0.121. The highest BCUT2D eigenvalue weighted by Gasteiger charge is 2.03. The van der Waals surface area contributed by atoms with Crippen LogP contribution in [0.15, 0.2) is 28.0 Å². The molecule has 0 unspecified atom stereocenters. The third-order valence-corrected chi connectivity index (χ3v) is 2.24. The number of nitrogens with zero attached hydrogens (tertiary/aromatic N) is 1. The molecule has 0 saturated carbocycles. The molecule has 0 bridgehead atoms. The molecule has 1 rings (SSSR count). The lowest BCUT2D eigenvalue weighted by Gasteiger charge is -2.03. The average molecular weight is 239 g/mol. The summed E-state index contributed by atoms with van der Waals surface area (Å²) in [5, 5.41) is 13.9. The van der Waals surface area contributed by atoms with E-state index in [-0.39, 0.29) is 11.7 Å². The predicted octanol–water partition coefficient (Wildman–Crippen LogP) is 0.855. The van der Waals surface area contributed by atoms with Crippen molar-refractivity contribution in [2.45, 2.75) is 25.7 Å². The summed E-state index contributed by atoms with van der Waals surface area (Å²) in [6, 6.07) is 3.63. The lowest BCUT2D eigenvalue weighted by atomic mass is 10.2. The van der Waals surface area contributed by atoms with Crippen LogP contribution in [-0.2, 0) is 11.2 Å². The van der Waals surface area contributed by atoms with Gasteiger partial charge in [-0.15, -0.1) is 0 Å². The summed E-state index contributed by atoms with van der Waals surface area (Å²) < 4.78 is 5.12. The van der Waals surface area contributed by atoms with Gasteiger partial charge in [0, 0.05) is 25.8 Å². The molecule has 0 saturated heterocycles. The normalized spacial score (nSPS) is 11.4. The average Bonchev–Trinajstić information content (AvgIpc) is 2.84. The SMILES string of the molecule is NC(CCCNC(=O)CCc1ccco1)=NO. The van der Waals surface area contributed by atoms with Crippen LogP contribution in [0.5, 0.6) is 0 Å². The molecule has 1 aromatic rings. The van der Waals surface area contributed by atoms with E-state index in [1.807, 2.05) is 6.07 Å². The number of nitrogens with two attached hydrogens (primary N) is 1. The van der Waals surface area contributed by atoms with Crippen molar-refractivity contribution < 1.29 is 14.4 Å². The summed E-state index contributed by atoms with van der Waals surface area (Å²) >= 11 is 0. The Balaban J connectivity index is 2.05. The summed E-state index contributed by atoms with van der Waals surface area (Å²) in [7, 11) is 0. The number of carbonyl (C=O) groups excluding carboxylic acids is 1. The topological polar surface area (TPSA) is 101 Å². The molecule has 0 aromatic carbocycles. The monoisotopic (exact) mass is 239 g/mol. The second kappa shape index (κ2) is 7.32. The van der Waals surface area contributed by atoms with E-state index in [0.717, 1.165) is 5.76 Å². The molecule has 1 aromatic heterocycles. The zero-order valence-corrected chi connectivity index (χ0v) is 9.56. The fourth-order valence-corrected chi connectivity index (χ4v) is 1.33. The summed E-state index contributed by atoms with van der Waals surface area (Å²) in [5.41, 5.74) is 5.29. The van der Waals surface area contributed by atoms with Crippen LogP contribution in [-0.4, -0.2) is 23.5 Å². The molecule has 0 fully saturated rings. The van der Waals surface area contributed by atoms with Gasteiger partial charge in [-0.1, -0.05) is 5.16 Å². The number of rotatable bonds is 7. The van der Waals surface area contributed by atoms with E-state index in [1.54, 1.807) is 12.3 Å². The summed E-state index contributed by atoms with van der Waals surface area (Å²) in [4.78, 5) is 11.4. The van der Waals surface area contributed by atoms with Crippen molar-refractivity contribution in [1.29, 1.82) is 0 Å². The van der Waals surface area contributed by atoms with Gasteiger partial charge in [0.25, 0.3) is 0 Å². The van der Waals surface area contributed by atoms with E-state index in [2.05, 4.69) is 10.5 Å². The minimum Gasteiger partial charge on any atom is -0.469 e. The second-order valence-electron chi connectivity index (χ2n) is 3.62. The highest BCUT2D eigenvalue weighted by molar-refractivity contribution is 5.79. The smallest absolute Gasteiger partial charge is 0.220 e. The Kier molecular flexibility index (Phi) is 5.63. The highest BCUT2D eigenvalue weighted by atomic mass is 16.4. The van der Waals surface area contributed by atoms with Crippen molar-refractivity contribution in [3.63, 3.8) is 0 Å². The minimum atomic E-state index is -0.0269. The minimum absolute atomic E-state index is 0.0269. The Bertz CT molecular complexity index is 360. The number of oxime groups is 1. The number of aryl methyl sites for hydroxylation is 1. The Labute approximate surface area is 99.5 Å². The van der Waals surface area contributed by atoms with Gasteiger partial charge in [0.15, 0.2) is 0 Å². The van der Waals surface area contributed by atoms with Crippen LogP contribution in [0.1, 0.15) is 25.0 Å². The number of furan rings is 1. The summed E-state index contributed by atoms with van der Waals surface area (Å²) in [6.07, 6.45) is 3.71. The van der Waals surface area contributed by atoms with E-state index in [1.165, 1.54) is 0 Å². The van der Waals surface area contributed by atoms with Crippen molar-refractivity contribution in [3.8, 4) is 0 Å². The molecule has 0 aliphatic heterocycles. The zero-order valence-electron chi connectivity index (χ0n) is 9.56. The molecule has 0 aliphatic carbocycles. The van der Waals surface area contributed by atoms with E-state index >= 15 is 0 Å². The lowest BCUT2D eigenvalue weighted by Crippen LogP contribution is -2.25. The first-order valence-corrected chi connectivity index (χ1v) is 5.48. The van der Waals surface area contributed by atoms with Gasteiger partial charge in [-0.25, -0.2) is 0 Å². The largest absolute Gasteiger partial charge is 0.469 e. The molecule has 94 valence electrons. The molecule has 6 heteroatoms. The maximum atomic E-state index is 11.4. The molecule has 1 heterocycles. The van der Waals surface area contributed by atoms with E-state index in [0.29, 0.717) is 32.2 Å². The van der Waals surface area contributed by atoms with Crippen LogP contribution < -0.4 is 11.1 Å². The molecule has 4 N–H and O–H groups in total. The standard InChI is InChI=1S/C11H17N3O3/c12-10(14-16)4-1-7-13-11(15)6-5-9-3-2-8-17-9/h2-3,8,16H,1,4-7H2,(H2,12,14)(H,13,15). The molecule has 0 atom stereocenters. The van der Waals surface area contributed by atoms with Crippen molar-refractivity contribution in [1.82, 2.24) is 5.32 Å². The fraction of sp³-hybridized carbons (Fsp3) is 0.455. The quantitative estimate of drug-likeness (QED) is 0.216. The van der Waals surface area contributed by atoms with E-state index < -0.39 is 0 Å².